The van der Waals surface area contributed by atoms with Gasteiger partial charge in [0.2, 0.25) is 0 Å². The van der Waals surface area contributed by atoms with Crippen LogP contribution in [0, 0.1) is 0 Å². The average molecular weight is 386 g/mol. The summed E-state index contributed by atoms with van der Waals surface area (Å²) in [5.41, 5.74) is 1.75. The lowest BCUT2D eigenvalue weighted by atomic mass is 10.1. The second-order valence-electron chi connectivity index (χ2n) is 7.43. The van der Waals surface area contributed by atoms with Crippen LogP contribution in [-0.4, -0.2) is 45.5 Å². The molecule has 0 spiro atoms. The number of benzene rings is 2. The summed E-state index contributed by atoms with van der Waals surface area (Å²) in [5, 5.41) is 0. The summed E-state index contributed by atoms with van der Waals surface area (Å²) in [4.78, 5) is 5.31. The molecule has 0 radical (unpaired) electrons. The highest BCUT2D eigenvalue weighted by Crippen LogP contribution is 2.26. The summed E-state index contributed by atoms with van der Waals surface area (Å²) in [6, 6.07) is 17.0. The number of piperazine rings is 1. The predicted octanol–water partition coefficient (Wildman–Crippen LogP) is 3.55. The Morgan fingerprint density at radius 3 is 2.07 bits per heavy atom. The van der Waals surface area contributed by atoms with Gasteiger partial charge >= 0.3 is 0 Å². The molecule has 1 heterocycles. The zero-order valence-corrected chi connectivity index (χ0v) is 16.4. The molecule has 0 bridgehead atoms. The molecule has 1 saturated carbocycles. The first-order chi connectivity index (χ1) is 13.1. The Hall–Kier alpha value is -2.05. The topological polar surface area (TPSA) is 52.7 Å². The lowest BCUT2D eigenvalue weighted by Gasteiger charge is -2.39. The number of sulfonamides is 1. The van der Waals surface area contributed by atoms with Crippen molar-refractivity contribution in [2.45, 2.75) is 36.6 Å². The number of nitrogens with one attached hydrogen (secondary N) is 1. The molecule has 27 heavy (non-hydrogen) atoms. The molecule has 5 nitrogen and oxygen atoms in total. The largest absolute Gasteiger partial charge is 0.369 e. The minimum Gasteiger partial charge on any atom is -0.369 e. The van der Waals surface area contributed by atoms with Crippen LogP contribution in [0.25, 0.3) is 0 Å². The quantitative estimate of drug-likeness (QED) is 0.855. The number of rotatable bonds is 5. The van der Waals surface area contributed by atoms with E-state index >= 15 is 0 Å². The first kappa shape index (κ1) is 18.3. The molecule has 0 amide bonds. The van der Waals surface area contributed by atoms with Crippen molar-refractivity contribution in [3.63, 3.8) is 0 Å². The number of hydrogen-bond acceptors (Lipinski definition) is 4. The maximum atomic E-state index is 12.4. The van der Waals surface area contributed by atoms with Gasteiger partial charge in [-0.25, -0.2) is 8.42 Å². The van der Waals surface area contributed by atoms with Gasteiger partial charge in [-0.1, -0.05) is 31.0 Å². The number of hydrogen-bond donors (Lipinski definition) is 1. The molecule has 0 unspecified atom stereocenters. The van der Waals surface area contributed by atoms with Gasteiger partial charge in [0.25, 0.3) is 10.0 Å². The molecular formula is C21H27N3O2S. The van der Waals surface area contributed by atoms with Crippen molar-refractivity contribution < 1.29 is 8.42 Å². The highest BCUT2D eigenvalue weighted by molar-refractivity contribution is 7.92. The molecule has 2 fully saturated rings. The standard InChI is InChI=1S/C21H27N3O2S/c25-27(26,21-8-2-1-3-9-21)22-18-10-12-20(13-11-18)24-16-14-23(15-17-24)19-6-4-5-7-19/h1-3,8-13,19,22H,4-7,14-17H2. The lowest BCUT2D eigenvalue weighted by molar-refractivity contribution is 0.187. The van der Waals surface area contributed by atoms with Crippen LogP contribution < -0.4 is 9.62 Å². The minimum absolute atomic E-state index is 0.275. The summed E-state index contributed by atoms with van der Waals surface area (Å²) in [7, 11) is -3.54. The van der Waals surface area contributed by atoms with Gasteiger partial charge in [-0.3, -0.25) is 9.62 Å². The fraction of sp³-hybridized carbons (Fsp3) is 0.429. The first-order valence-corrected chi connectivity index (χ1v) is 11.3. The van der Waals surface area contributed by atoms with E-state index in [4.69, 9.17) is 0 Å². The third-order valence-electron chi connectivity index (χ3n) is 5.69. The van der Waals surface area contributed by atoms with E-state index in [1.807, 2.05) is 24.3 Å². The number of nitrogens with zero attached hydrogens (tertiary/aromatic N) is 2. The van der Waals surface area contributed by atoms with Crippen molar-refractivity contribution in [2.75, 3.05) is 35.8 Å². The minimum atomic E-state index is -3.54. The summed E-state index contributed by atoms with van der Waals surface area (Å²) < 4.78 is 27.5. The number of anilines is 2. The molecule has 6 heteroatoms. The second kappa shape index (κ2) is 7.90. The SMILES string of the molecule is O=S(=O)(Nc1ccc(N2CCN(C3CCCC3)CC2)cc1)c1ccccc1. The van der Waals surface area contributed by atoms with Gasteiger partial charge in [-0.15, -0.1) is 0 Å². The zero-order valence-electron chi connectivity index (χ0n) is 15.5. The van der Waals surface area contributed by atoms with Crippen LogP contribution in [0.3, 0.4) is 0 Å². The van der Waals surface area contributed by atoms with Gasteiger partial charge in [0.15, 0.2) is 0 Å². The van der Waals surface area contributed by atoms with Crippen molar-refractivity contribution in [1.29, 1.82) is 0 Å². The van der Waals surface area contributed by atoms with Gasteiger partial charge in [0, 0.05) is 43.6 Å². The van der Waals surface area contributed by atoms with Crippen molar-refractivity contribution in [3.05, 3.63) is 54.6 Å². The van der Waals surface area contributed by atoms with E-state index in [1.165, 1.54) is 25.7 Å². The molecule has 0 atom stereocenters. The van der Waals surface area contributed by atoms with E-state index in [-0.39, 0.29) is 4.90 Å². The Labute approximate surface area is 162 Å². The van der Waals surface area contributed by atoms with Crippen LogP contribution in [0.5, 0.6) is 0 Å². The second-order valence-corrected chi connectivity index (χ2v) is 9.11. The van der Waals surface area contributed by atoms with Crippen molar-refractivity contribution >= 4 is 21.4 Å². The van der Waals surface area contributed by atoms with Crippen molar-refractivity contribution in [1.82, 2.24) is 4.90 Å². The van der Waals surface area contributed by atoms with Crippen LogP contribution in [0.1, 0.15) is 25.7 Å². The molecule has 2 aromatic rings. The molecule has 2 aromatic carbocycles. The molecular weight excluding hydrogens is 358 g/mol. The molecule has 1 N–H and O–H groups in total. The molecule has 1 aliphatic heterocycles. The third kappa shape index (κ3) is 4.28. The molecule has 2 aliphatic rings. The Bertz CT molecular complexity index is 839. The fourth-order valence-electron chi connectivity index (χ4n) is 4.17. The monoisotopic (exact) mass is 385 g/mol. The van der Waals surface area contributed by atoms with E-state index in [0.717, 1.165) is 37.9 Å². The van der Waals surface area contributed by atoms with Gasteiger partial charge in [-0.2, -0.15) is 0 Å². The smallest absolute Gasteiger partial charge is 0.261 e. The highest BCUT2D eigenvalue weighted by atomic mass is 32.2. The van der Waals surface area contributed by atoms with Crippen molar-refractivity contribution in [3.8, 4) is 0 Å². The Morgan fingerprint density at radius 2 is 1.44 bits per heavy atom. The van der Waals surface area contributed by atoms with E-state index in [9.17, 15) is 8.42 Å². The third-order valence-corrected chi connectivity index (χ3v) is 7.09. The predicted molar refractivity (Wildman–Crippen MR) is 110 cm³/mol. The Balaban J connectivity index is 1.37. The van der Waals surface area contributed by atoms with E-state index in [0.29, 0.717) is 5.69 Å². The molecule has 1 saturated heterocycles. The van der Waals surface area contributed by atoms with Crippen molar-refractivity contribution in [2.24, 2.45) is 0 Å². The van der Waals surface area contributed by atoms with E-state index in [1.54, 1.807) is 30.3 Å². The zero-order chi connectivity index (χ0) is 18.7. The molecule has 0 aromatic heterocycles. The lowest BCUT2D eigenvalue weighted by Crippen LogP contribution is -2.49. The average Bonchev–Trinajstić information content (AvgIpc) is 3.24. The van der Waals surface area contributed by atoms with Crippen LogP contribution in [0.15, 0.2) is 59.5 Å². The van der Waals surface area contributed by atoms with Gasteiger partial charge in [0.1, 0.15) is 0 Å². The highest BCUT2D eigenvalue weighted by Gasteiger charge is 2.26. The van der Waals surface area contributed by atoms with Gasteiger partial charge < -0.3 is 4.90 Å². The van der Waals surface area contributed by atoms with Crippen LogP contribution in [-0.2, 0) is 10.0 Å². The van der Waals surface area contributed by atoms with Gasteiger partial charge in [-0.05, 0) is 49.2 Å². The summed E-state index contributed by atoms with van der Waals surface area (Å²) >= 11 is 0. The van der Waals surface area contributed by atoms with Crippen LogP contribution in [0.2, 0.25) is 0 Å². The maximum absolute atomic E-state index is 12.4. The molecule has 144 valence electrons. The first-order valence-electron chi connectivity index (χ1n) is 9.79. The maximum Gasteiger partial charge on any atom is 0.261 e. The Morgan fingerprint density at radius 1 is 0.815 bits per heavy atom. The Kier molecular flexibility index (Phi) is 5.36. The van der Waals surface area contributed by atoms with Gasteiger partial charge in [0.05, 0.1) is 4.90 Å². The van der Waals surface area contributed by atoms with Crippen LogP contribution >= 0.6 is 0 Å². The van der Waals surface area contributed by atoms with E-state index < -0.39 is 10.0 Å². The summed E-state index contributed by atoms with van der Waals surface area (Å²) in [6.45, 7) is 4.30. The van der Waals surface area contributed by atoms with E-state index in [2.05, 4.69) is 14.5 Å². The normalized spacial score (nSPS) is 19.3. The fourth-order valence-corrected chi connectivity index (χ4v) is 5.25. The summed E-state index contributed by atoms with van der Waals surface area (Å²) in [5.74, 6) is 0. The molecule has 1 aliphatic carbocycles. The summed E-state index contributed by atoms with van der Waals surface area (Å²) in [6.07, 6.45) is 5.48. The van der Waals surface area contributed by atoms with Crippen LogP contribution in [0.4, 0.5) is 11.4 Å². The molecule has 4 rings (SSSR count).